The van der Waals surface area contributed by atoms with Crippen LogP contribution >= 0.6 is 0 Å². The minimum atomic E-state index is -0.564. The second-order valence-corrected chi connectivity index (χ2v) is 10.1. The Balaban J connectivity index is 1.15. The average Bonchev–Trinajstić information content (AvgIpc) is 3.73. The van der Waals surface area contributed by atoms with Crippen LogP contribution in [0.15, 0.2) is 60.7 Å². The second-order valence-electron chi connectivity index (χ2n) is 10.1. The van der Waals surface area contributed by atoms with Gasteiger partial charge in [0.15, 0.2) is 5.78 Å². The van der Waals surface area contributed by atoms with Gasteiger partial charge in [0.25, 0.3) is 0 Å². The van der Waals surface area contributed by atoms with E-state index < -0.39 is 5.82 Å². The number of ketones is 1. The molecule has 0 spiro atoms. The van der Waals surface area contributed by atoms with E-state index in [2.05, 4.69) is 12.2 Å². The number of hydrogen-bond donors (Lipinski definition) is 0. The molecule has 1 saturated heterocycles. The van der Waals surface area contributed by atoms with Gasteiger partial charge in [0.2, 0.25) is 11.8 Å². The SMILES string of the molecule is O=C(c1ccccc1)C1CC1c1ccc(N2C(=O)[C@@H]3C4C=CC([C@H]5C[C@@H]45)[C@@H]3C2=O)c(F)c1. The van der Waals surface area contributed by atoms with Crippen molar-refractivity contribution in [2.45, 2.75) is 18.8 Å². The van der Waals surface area contributed by atoms with Crippen molar-refractivity contribution >= 4 is 23.3 Å². The number of rotatable bonds is 4. The fourth-order valence-electron chi connectivity index (χ4n) is 6.80. The highest BCUT2D eigenvalue weighted by molar-refractivity contribution is 6.22. The zero-order chi connectivity index (χ0) is 21.7. The lowest BCUT2D eigenvalue weighted by Gasteiger charge is -2.37. The number of nitrogens with zero attached hydrogens (tertiary/aromatic N) is 1. The maximum absolute atomic E-state index is 15.2. The Labute approximate surface area is 185 Å². The molecule has 1 heterocycles. The van der Waals surface area contributed by atoms with Crippen molar-refractivity contribution in [1.29, 1.82) is 0 Å². The first-order valence-corrected chi connectivity index (χ1v) is 11.5. The number of benzene rings is 2. The Morgan fingerprint density at radius 2 is 1.53 bits per heavy atom. The average molecular weight is 427 g/mol. The first-order chi connectivity index (χ1) is 15.5. The zero-order valence-electron chi connectivity index (χ0n) is 17.4. The first kappa shape index (κ1) is 18.5. The van der Waals surface area contributed by atoms with Gasteiger partial charge in [0.05, 0.1) is 17.5 Å². The maximum atomic E-state index is 15.2. The van der Waals surface area contributed by atoms with Crippen LogP contribution in [0.25, 0.3) is 0 Å². The lowest BCUT2D eigenvalue weighted by molar-refractivity contribution is -0.124. The summed E-state index contributed by atoms with van der Waals surface area (Å²) < 4.78 is 15.2. The number of hydrogen-bond acceptors (Lipinski definition) is 3. The van der Waals surface area contributed by atoms with Crippen LogP contribution < -0.4 is 4.90 Å². The molecule has 2 aromatic carbocycles. The monoisotopic (exact) mass is 427 g/mol. The lowest BCUT2D eigenvalue weighted by Crippen LogP contribution is -2.40. The van der Waals surface area contributed by atoms with Crippen LogP contribution in [0.5, 0.6) is 0 Å². The second kappa shape index (κ2) is 6.25. The third-order valence-corrected chi connectivity index (χ3v) is 8.49. The molecular weight excluding hydrogens is 405 g/mol. The number of carbonyl (C=O) groups is 3. The lowest BCUT2D eigenvalue weighted by atomic mass is 9.63. The minimum Gasteiger partial charge on any atom is -0.294 e. The standard InChI is InChI=1S/C27H22FNO3/c28-21-10-14(17-11-20(17)25(30)13-4-2-1-3-5-13)6-9-22(21)29-26(31)23-15-7-8-16(19-12-18(15)19)24(23)27(29)32/h1-10,15-20,23-24H,11-12H2/t15?,16?,17?,18-,19+,20?,23+,24-. The molecule has 8 atom stereocenters. The van der Waals surface area contributed by atoms with E-state index in [-0.39, 0.29) is 58.8 Å². The summed E-state index contributed by atoms with van der Waals surface area (Å²) in [4.78, 5) is 40.3. The highest BCUT2D eigenvalue weighted by atomic mass is 19.1. The summed E-state index contributed by atoms with van der Waals surface area (Å²) in [7, 11) is 0. The summed E-state index contributed by atoms with van der Waals surface area (Å²) in [5.74, 6) is -0.548. The summed E-state index contributed by atoms with van der Waals surface area (Å²) in [6.07, 6.45) is 6.02. The molecule has 160 valence electrons. The van der Waals surface area contributed by atoms with E-state index in [4.69, 9.17) is 0 Å². The normalized spacial score (nSPS) is 38.0. The molecule has 4 unspecified atom stereocenters. The maximum Gasteiger partial charge on any atom is 0.238 e. The van der Waals surface area contributed by atoms with Gasteiger partial charge in [-0.15, -0.1) is 0 Å². The van der Waals surface area contributed by atoms with Gasteiger partial charge in [0.1, 0.15) is 5.82 Å². The molecule has 4 nitrogen and oxygen atoms in total. The van der Waals surface area contributed by atoms with E-state index in [9.17, 15) is 14.4 Å². The fraction of sp³-hybridized carbons (Fsp3) is 0.370. The number of carbonyl (C=O) groups excluding carboxylic acids is 3. The zero-order valence-corrected chi connectivity index (χ0v) is 17.4. The van der Waals surface area contributed by atoms with Crippen LogP contribution in [0.2, 0.25) is 0 Å². The van der Waals surface area contributed by atoms with E-state index in [0.29, 0.717) is 23.8 Å². The van der Waals surface area contributed by atoms with Gasteiger partial charge in [-0.1, -0.05) is 48.6 Å². The summed E-state index contributed by atoms with van der Waals surface area (Å²) in [6, 6.07) is 13.9. The predicted molar refractivity (Wildman–Crippen MR) is 115 cm³/mol. The van der Waals surface area contributed by atoms with Crippen LogP contribution in [-0.2, 0) is 9.59 Å². The van der Waals surface area contributed by atoms with Crippen LogP contribution in [0, 0.1) is 47.2 Å². The van der Waals surface area contributed by atoms with E-state index >= 15 is 4.39 Å². The molecule has 0 aromatic heterocycles. The van der Waals surface area contributed by atoms with Crippen LogP contribution in [0.1, 0.15) is 34.7 Å². The van der Waals surface area contributed by atoms with Crippen molar-refractivity contribution in [3.63, 3.8) is 0 Å². The molecule has 6 aliphatic rings. The molecule has 5 aliphatic carbocycles. The molecule has 2 bridgehead atoms. The molecule has 0 radical (unpaired) electrons. The number of Topliss-reactive ketones (excluding diaryl/α,β-unsaturated/α-hetero) is 1. The Bertz CT molecular complexity index is 1180. The molecule has 8 rings (SSSR count). The molecule has 0 N–H and O–H groups in total. The van der Waals surface area contributed by atoms with E-state index in [1.165, 1.54) is 6.07 Å². The van der Waals surface area contributed by atoms with Crippen LogP contribution in [0.3, 0.4) is 0 Å². The predicted octanol–water partition coefficient (Wildman–Crippen LogP) is 4.37. The van der Waals surface area contributed by atoms with Crippen molar-refractivity contribution in [2.24, 2.45) is 41.4 Å². The molecule has 2 amide bonds. The van der Waals surface area contributed by atoms with E-state index in [1.807, 2.05) is 18.2 Å². The summed E-state index contributed by atoms with van der Waals surface area (Å²) >= 11 is 0. The minimum absolute atomic E-state index is 0.0222. The molecule has 2 aromatic rings. The van der Waals surface area contributed by atoms with Gasteiger partial charge in [-0.3, -0.25) is 14.4 Å². The summed E-state index contributed by atoms with van der Waals surface area (Å²) in [5, 5.41) is 0. The first-order valence-electron chi connectivity index (χ1n) is 11.5. The molecular formula is C27H22FNO3. The van der Waals surface area contributed by atoms with Gasteiger partial charge in [-0.2, -0.15) is 0 Å². The van der Waals surface area contributed by atoms with Gasteiger partial charge in [0, 0.05) is 11.5 Å². The number of amides is 2. The third kappa shape index (κ3) is 2.39. The fourth-order valence-corrected chi connectivity index (χ4v) is 6.80. The van der Waals surface area contributed by atoms with Crippen LogP contribution in [0.4, 0.5) is 10.1 Å². The number of allylic oxidation sites excluding steroid dienone is 2. The topological polar surface area (TPSA) is 54.5 Å². The highest BCUT2D eigenvalue weighted by Gasteiger charge is 2.67. The quantitative estimate of drug-likeness (QED) is 0.414. The molecule has 4 fully saturated rings. The van der Waals surface area contributed by atoms with Crippen molar-refractivity contribution < 1.29 is 18.8 Å². The Morgan fingerprint density at radius 3 is 2.16 bits per heavy atom. The molecule has 3 saturated carbocycles. The van der Waals surface area contributed by atoms with Gasteiger partial charge < -0.3 is 0 Å². The molecule has 32 heavy (non-hydrogen) atoms. The largest absolute Gasteiger partial charge is 0.294 e. The molecule has 5 heteroatoms. The number of anilines is 1. The van der Waals surface area contributed by atoms with E-state index in [1.54, 1.807) is 24.3 Å². The highest BCUT2D eigenvalue weighted by Crippen LogP contribution is 2.65. The van der Waals surface area contributed by atoms with Gasteiger partial charge in [-0.25, -0.2) is 9.29 Å². The van der Waals surface area contributed by atoms with Crippen molar-refractivity contribution in [3.05, 3.63) is 77.6 Å². The summed E-state index contributed by atoms with van der Waals surface area (Å²) in [5.41, 5.74) is 1.48. The van der Waals surface area contributed by atoms with Crippen molar-refractivity contribution in [3.8, 4) is 0 Å². The van der Waals surface area contributed by atoms with E-state index in [0.717, 1.165) is 16.9 Å². The Kier molecular flexibility index (Phi) is 3.61. The van der Waals surface area contributed by atoms with Gasteiger partial charge in [-0.05, 0) is 60.1 Å². The molecule has 1 aliphatic heterocycles. The third-order valence-electron chi connectivity index (χ3n) is 8.49. The number of imide groups is 1. The Morgan fingerprint density at radius 1 is 0.875 bits per heavy atom. The Hall–Kier alpha value is -3.08. The van der Waals surface area contributed by atoms with Crippen molar-refractivity contribution in [1.82, 2.24) is 0 Å². The number of halogens is 1. The van der Waals surface area contributed by atoms with Gasteiger partial charge >= 0.3 is 0 Å². The van der Waals surface area contributed by atoms with Crippen molar-refractivity contribution in [2.75, 3.05) is 4.90 Å². The van der Waals surface area contributed by atoms with Crippen LogP contribution in [-0.4, -0.2) is 17.6 Å². The smallest absolute Gasteiger partial charge is 0.238 e. The summed E-state index contributed by atoms with van der Waals surface area (Å²) in [6.45, 7) is 0.